The van der Waals surface area contributed by atoms with Crippen molar-refractivity contribution in [2.75, 3.05) is 17.7 Å². The minimum Gasteiger partial charge on any atom is -0.394 e. The Bertz CT molecular complexity index is 971. The number of rotatable bonds is 6. The van der Waals surface area contributed by atoms with Gasteiger partial charge in [0.25, 0.3) is 5.56 Å². The van der Waals surface area contributed by atoms with Crippen molar-refractivity contribution in [1.82, 2.24) is 19.7 Å². The van der Waals surface area contributed by atoms with Crippen LogP contribution >= 0.6 is 11.8 Å². The molecule has 0 fully saturated rings. The molecule has 0 radical (unpaired) electrons. The molecule has 25 heavy (non-hydrogen) atoms. The molecule has 0 saturated heterocycles. The largest absolute Gasteiger partial charge is 0.394 e. The van der Waals surface area contributed by atoms with Gasteiger partial charge in [0, 0.05) is 5.69 Å². The van der Waals surface area contributed by atoms with Gasteiger partial charge in [-0.2, -0.15) is 5.10 Å². The molecular formula is C15H14FN5O3S. The number of amides is 1. The van der Waals surface area contributed by atoms with Gasteiger partial charge in [-0.05, 0) is 18.2 Å². The summed E-state index contributed by atoms with van der Waals surface area (Å²) < 4.78 is 14.5. The Morgan fingerprint density at radius 1 is 1.44 bits per heavy atom. The van der Waals surface area contributed by atoms with Crippen molar-refractivity contribution in [3.63, 3.8) is 0 Å². The third kappa shape index (κ3) is 4.03. The molecule has 10 heteroatoms. The van der Waals surface area contributed by atoms with E-state index >= 15 is 0 Å². The molecule has 0 aliphatic heterocycles. The maximum atomic E-state index is 13.1. The lowest BCUT2D eigenvalue weighted by atomic mass is 10.3. The van der Waals surface area contributed by atoms with Gasteiger partial charge in [0.05, 0.1) is 25.1 Å². The van der Waals surface area contributed by atoms with E-state index in [2.05, 4.69) is 20.4 Å². The molecule has 8 nitrogen and oxygen atoms in total. The predicted molar refractivity (Wildman–Crippen MR) is 91.0 cm³/mol. The number of hydrogen-bond acceptors (Lipinski definition) is 6. The number of benzene rings is 1. The van der Waals surface area contributed by atoms with Crippen LogP contribution < -0.4 is 10.9 Å². The summed E-state index contributed by atoms with van der Waals surface area (Å²) in [6.45, 7) is 0.0773. The summed E-state index contributed by atoms with van der Waals surface area (Å²) in [7, 11) is 0. The van der Waals surface area contributed by atoms with Crippen molar-refractivity contribution in [2.45, 2.75) is 11.7 Å². The number of carbonyl (C=O) groups excluding carboxylic acids is 1. The van der Waals surface area contributed by atoms with Gasteiger partial charge in [-0.1, -0.05) is 17.8 Å². The van der Waals surface area contributed by atoms with Gasteiger partial charge in [0.15, 0.2) is 10.8 Å². The summed E-state index contributed by atoms with van der Waals surface area (Å²) >= 11 is 1.04. The second-order valence-corrected chi connectivity index (χ2v) is 6.01. The highest BCUT2D eigenvalue weighted by atomic mass is 32.2. The molecule has 0 bridgehead atoms. The monoisotopic (exact) mass is 363 g/mol. The van der Waals surface area contributed by atoms with Gasteiger partial charge < -0.3 is 15.4 Å². The smallest absolute Gasteiger partial charge is 0.262 e. The minimum absolute atomic E-state index is 0.0148. The SMILES string of the molecule is O=C(CSc1nc2c(cnn2CCO)c(=O)[nH]1)Nc1cccc(F)c1. The minimum atomic E-state index is -0.445. The fourth-order valence-electron chi connectivity index (χ4n) is 2.17. The fraction of sp³-hybridized carbons (Fsp3) is 0.200. The highest BCUT2D eigenvalue weighted by Crippen LogP contribution is 2.16. The van der Waals surface area contributed by atoms with Crippen molar-refractivity contribution >= 4 is 34.4 Å². The number of aromatic nitrogens is 4. The van der Waals surface area contributed by atoms with Crippen LogP contribution in [-0.2, 0) is 11.3 Å². The third-order valence-electron chi connectivity index (χ3n) is 3.24. The van der Waals surface area contributed by atoms with Gasteiger partial charge in [-0.15, -0.1) is 0 Å². The fourth-order valence-corrected chi connectivity index (χ4v) is 2.83. The Labute approximate surface area is 145 Å². The van der Waals surface area contributed by atoms with E-state index in [1.807, 2.05) is 0 Å². The van der Waals surface area contributed by atoms with Crippen LogP contribution in [0.25, 0.3) is 11.0 Å². The maximum absolute atomic E-state index is 13.1. The number of aromatic amines is 1. The normalized spacial score (nSPS) is 11.0. The van der Waals surface area contributed by atoms with Crippen LogP contribution in [0.5, 0.6) is 0 Å². The van der Waals surface area contributed by atoms with Crippen LogP contribution in [0.4, 0.5) is 10.1 Å². The molecule has 1 amide bonds. The molecule has 0 atom stereocenters. The maximum Gasteiger partial charge on any atom is 0.262 e. The van der Waals surface area contributed by atoms with Gasteiger partial charge in [0.2, 0.25) is 5.91 Å². The first-order chi connectivity index (χ1) is 12.1. The Balaban J connectivity index is 1.71. The third-order valence-corrected chi connectivity index (χ3v) is 4.12. The van der Waals surface area contributed by atoms with E-state index in [-0.39, 0.29) is 35.5 Å². The van der Waals surface area contributed by atoms with E-state index in [1.165, 1.54) is 29.1 Å². The first-order valence-electron chi connectivity index (χ1n) is 7.32. The zero-order valence-electron chi connectivity index (χ0n) is 12.9. The number of hydrogen-bond donors (Lipinski definition) is 3. The molecule has 0 unspecified atom stereocenters. The number of aliphatic hydroxyl groups excluding tert-OH is 1. The molecule has 2 aromatic heterocycles. The van der Waals surface area contributed by atoms with Crippen LogP contribution in [0, 0.1) is 5.82 Å². The standard InChI is InChI=1S/C15H14FN5O3S/c16-9-2-1-3-10(6-9)18-12(23)8-25-15-19-13-11(14(24)20-15)7-17-21(13)4-5-22/h1-3,6-7,22H,4-5,8H2,(H,18,23)(H,19,20,24). The predicted octanol–water partition coefficient (Wildman–Crippen LogP) is 0.982. The number of nitrogens with one attached hydrogen (secondary N) is 2. The number of H-pyrrole nitrogens is 1. The zero-order valence-corrected chi connectivity index (χ0v) is 13.7. The zero-order chi connectivity index (χ0) is 17.8. The quantitative estimate of drug-likeness (QED) is 0.445. The number of anilines is 1. The van der Waals surface area contributed by atoms with E-state index in [9.17, 15) is 14.0 Å². The summed E-state index contributed by atoms with van der Waals surface area (Å²) in [4.78, 5) is 30.8. The Kier molecular flexibility index (Phi) is 5.10. The van der Waals surface area contributed by atoms with Gasteiger partial charge >= 0.3 is 0 Å². The lowest BCUT2D eigenvalue weighted by molar-refractivity contribution is -0.113. The highest BCUT2D eigenvalue weighted by molar-refractivity contribution is 7.99. The number of thioether (sulfide) groups is 1. The van der Waals surface area contributed by atoms with Crippen molar-refractivity contribution in [1.29, 1.82) is 0 Å². The van der Waals surface area contributed by atoms with Crippen molar-refractivity contribution in [3.8, 4) is 0 Å². The van der Waals surface area contributed by atoms with Crippen molar-refractivity contribution in [3.05, 3.63) is 46.6 Å². The van der Waals surface area contributed by atoms with Gasteiger partial charge in [-0.25, -0.2) is 14.1 Å². The van der Waals surface area contributed by atoms with E-state index in [4.69, 9.17) is 5.11 Å². The van der Waals surface area contributed by atoms with Crippen LogP contribution in [0.3, 0.4) is 0 Å². The number of fused-ring (bicyclic) bond motifs is 1. The molecule has 2 heterocycles. The molecule has 3 N–H and O–H groups in total. The number of aliphatic hydroxyl groups is 1. The van der Waals surface area contributed by atoms with Gasteiger partial charge in [0.1, 0.15) is 11.2 Å². The second-order valence-electron chi connectivity index (χ2n) is 5.05. The molecule has 0 spiro atoms. The molecule has 0 aliphatic carbocycles. The van der Waals surface area contributed by atoms with Crippen molar-refractivity contribution in [2.24, 2.45) is 0 Å². The van der Waals surface area contributed by atoms with Crippen LogP contribution in [0.15, 0.2) is 40.4 Å². The lowest BCUT2D eigenvalue weighted by Gasteiger charge is -2.05. The Hall–Kier alpha value is -2.72. The first-order valence-corrected chi connectivity index (χ1v) is 8.30. The summed E-state index contributed by atoms with van der Waals surface area (Å²) in [6.07, 6.45) is 1.38. The topological polar surface area (TPSA) is 113 Å². The molecule has 3 aromatic rings. The summed E-state index contributed by atoms with van der Waals surface area (Å²) in [6, 6.07) is 5.56. The molecule has 1 aromatic carbocycles. The summed E-state index contributed by atoms with van der Waals surface area (Å²) in [5.41, 5.74) is 0.316. The summed E-state index contributed by atoms with van der Waals surface area (Å²) in [5.74, 6) is -0.819. The number of carbonyl (C=O) groups is 1. The summed E-state index contributed by atoms with van der Waals surface area (Å²) in [5, 5.41) is 16.1. The highest BCUT2D eigenvalue weighted by Gasteiger charge is 2.12. The second kappa shape index (κ2) is 7.45. The number of nitrogens with zero attached hydrogens (tertiary/aromatic N) is 3. The average molecular weight is 363 g/mol. The van der Waals surface area contributed by atoms with Crippen LogP contribution in [0.2, 0.25) is 0 Å². The first kappa shape index (κ1) is 17.1. The van der Waals surface area contributed by atoms with Crippen molar-refractivity contribution < 1.29 is 14.3 Å². The van der Waals surface area contributed by atoms with E-state index < -0.39 is 5.82 Å². The van der Waals surface area contributed by atoms with Gasteiger partial charge in [-0.3, -0.25) is 9.59 Å². The van der Waals surface area contributed by atoms with E-state index in [0.717, 1.165) is 11.8 Å². The molecule has 0 aliphatic rings. The van der Waals surface area contributed by atoms with E-state index in [0.29, 0.717) is 16.7 Å². The van der Waals surface area contributed by atoms with Crippen LogP contribution in [0.1, 0.15) is 0 Å². The molecule has 0 saturated carbocycles. The number of halogens is 1. The lowest BCUT2D eigenvalue weighted by Crippen LogP contribution is -2.16. The van der Waals surface area contributed by atoms with E-state index in [1.54, 1.807) is 6.07 Å². The average Bonchev–Trinajstić information content (AvgIpc) is 2.97. The molecular weight excluding hydrogens is 349 g/mol. The molecule has 130 valence electrons. The Morgan fingerprint density at radius 2 is 2.28 bits per heavy atom. The Morgan fingerprint density at radius 3 is 3.04 bits per heavy atom. The molecule has 3 rings (SSSR count). The van der Waals surface area contributed by atoms with Crippen LogP contribution in [-0.4, -0.2) is 43.1 Å².